The maximum Gasteiger partial charge on any atom is 0.573 e. The van der Waals surface area contributed by atoms with Crippen molar-refractivity contribution in [3.8, 4) is 11.5 Å². The molecule has 4 nitrogen and oxygen atoms in total. The highest BCUT2D eigenvalue weighted by molar-refractivity contribution is 6.30. The van der Waals surface area contributed by atoms with Crippen molar-refractivity contribution in [1.82, 2.24) is 4.98 Å². The molecule has 1 N–H and O–H groups in total. The van der Waals surface area contributed by atoms with Gasteiger partial charge in [-0.2, -0.15) is 0 Å². The maximum atomic E-state index is 12.9. The Morgan fingerprint density at radius 3 is 2.64 bits per heavy atom. The van der Waals surface area contributed by atoms with Gasteiger partial charge in [-0.3, -0.25) is 4.79 Å². The standard InChI is InChI=1S/C20H17ClF3NO3/c1-3-27-18-8-13(21)5-4-12(18)7-17(26)16-10-25-19-11(2)6-14(9-15(16)19)28-20(22,23)24/h4-6,8-10,25H,3,7H2,1-2H3. The zero-order valence-electron chi connectivity index (χ0n) is 15.1. The van der Waals surface area contributed by atoms with Gasteiger partial charge in [-0.25, -0.2) is 0 Å². The summed E-state index contributed by atoms with van der Waals surface area (Å²) in [5.41, 5.74) is 2.05. The summed E-state index contributed by atoms with van der Waals surface area (Å²) in [6.45, 7) is 3.87. The number of Topliss-reactive ketones (excluding diaryl/α,β-unsaturated/α-hetero) is 1. The summed E-state index contributed by atoms with van der Waals surface area (Å²) in [5.74, 6) is -0.133. The smallest absolute Gasteiger partial charge is 0.494 e. The number of aromatic amines is 1. The highest BCUT2D eigenvalue weighted by atomic mass is 35.5. The molecule has 0 spiro atoms. The van der Waals surface area contributed by atoms with Crippen LogP contribution in [-0.2, 0) is 6.42 Å². The van der Waals surface area contributed by atoms with Crippen molar-refractivity contribution in [2.45, 2.75) is 26.6 Å². The van der Waals surface area contributed by atoms with E-state index in [1.165, 1.54) is 18.3 Å². The molecule has 0 bridgehead atoms. The number of hydrogen-bond acceptors (Lipinski definition) is 3. The predicted molar refractivity (Wildman–Crippen MR) is 100 cm³/mol. The van der Waals surface area contributed by atoms with Crippen molar-refractivity contribution >= 4 is 28.3 Å². The Hall–Kier alpha value is -2.67. The van der Waals surface area contributed by atoms with E-state index in [0.29, 0.717) is 39.4 Å². The van der Waals surface area contributed by atoms with Gasteiger partial charge < -0.3 is 14.5 Å². The number of aryl methyl sites for hydroxylation is 1. The molecule has 148 valence electrons. The predicted octanol–water partition coefficient (Wildman–Crippen LogP) is 5.85. The van der Waals surface area contributed by atoms with E-state index in [1.54, 1.807) is 25.1 Å². The van der Waals surface area contributed by atoms with E-state index in [0.717, 1.165) is 0 Å². The molecule has 0 aliphatic heterocycles. The van der Waals surface area contributed by atoms with Crippen molar-refractivity contribution in [1.29, 1.82) is 0 Å². The molecule has 1 heterocycles. The van der Waals surface area contributed by atoms with Gasteiger partial charge in [-0.05, 0) is 43.7 Å². The Labute approximate surface area is 164 Å². The Morgan fingerprint density at radius 1 is 1.21 bits per heavy atom. The monoisotopic (exact) mass is 411 g/mol. The van der Waals surface area contributed by atoms with Gasteiger partial charge in [0, 0.05) is 39.7 Å². The second kappa shape index (κ2) is 7.75. The van der Waals surface area contributed by atoms with Crippen LogP contribution < -0.4 is 9.47 Å². The van der Waals surface area contributed by atoms with E-state index in [-0.39, 0.29) is 23.5 Å². The molecule has 0 fully saturated rings. The molecule has 28 heavy (non-hydrogen) atoms. The Bertz CT molecular complexity index is 1030. The number of rotatable bonds is 6. The fourth-order valence-corrected chi connectivity index (χ4v) is 3.20. The number of carbonyl (C=O) groups excluding carboxylic acids is 1. The molecule has 0 saturated carbocycles. The van der Waals surface area contributed by atoms with Crippen molar-refractivity contribution in [2.24, 2.45) is 0 Å². The molecule has 3 rings (SSSR count). The fourth-order valence-electron chi connectivity index (χ4n) is 3.04. The fraction of sp³-hybridized carbons (Fsp3) is 0.250. The summed E-state index contributed by atoms with van der Waals surface area (Å²) in [5, 5.41) is 0.854. The van der Waals surface area contributed by atoms with E-state index in [2.05, 4.69) is 9.72 Å². The lowest BCUT2D eigenvalue weighted by Crippen LogP contribution is -2.17. The molecular weight excluding hydrogens is 395 g/mol. The number of ether oxygens (including phenoxy) is 2. The SMILES string of the molecule is CCOc1cc(Cl)ccc1CC(=O)c1c[nH]c2c(C)cc(OC(F)(F)F)cc12. The quantitative estimate of drug-likeness (QED) is 0.517. The minimum Gasteiger partial charge on any atom is -0.494 e. The van der Waals surface area contributed by atoms with Crippen molar-refractivity contribution in [2.75, 3.05) is 6.61 Å². The van der Waals surface area contributed by atoms with Crippen molar-refractivity contribution in [3.63, 3.8) is 0 Å². The third-order valence-corrected chi connectivity index (χ3v) is 4.41. The van der Waals surface area contributed by atoms with Crippen LogP contribution in [0.2, 0.25) is 5.02 Å². The molecule has 8 heteroatoms. The summed E-state index contributed by atoms with van der Waals surface area (Å²) in [6.07, 6.45) is -3.30. The number of fused-ring (bicyclic) bond motifs is 1. The average Bonchev–Trinajstić information content (AvgIpc) is 3.00. The number of halogens is 4. The molecule has 1 aromatic heterocycles. The normalized spacial score (nSPS) is 11.6. The number of H-pyrrole nitrogens is 1. The zero-order valence-corrected chi connectivity index (χ0v) is 15.9. The third kappa shape index (κ3) is 4.42. The highest BCUT2D eigenvalue weighted by Crippen LogP contribution is 2.32. The largest absolute Gasteiger partial charge is 0.573 e. The maximum absolute atomic E-state index is 12.9. The Balaban J connectivity index is 1.96. The molecule has 3 aromatic rings. The second-order valence-corrected chi connectivity index (χ2v) is 6.63. The van der Waals surface area contributed by atoms with Crippen LogP contribution in [0.4, 0.5) is 13.2 Å². The van der Waals surface area contributed by atoms with Gasteiger partial charge in [-0.1, -0.05) is 17.7 Å². The number of nitrogens with one attached hydrogen (secondary N) is 1. The number of benzene rings is 2. The van der Waals surface area contributed by atoms with Crippen LogP contribution in [0.15, 0.2) is 36.5 Å². The summed E-state index contributed by atoms with van der Waals surface area (Å²) in [7, 11) is 0. The van der Waals surface area contributed by atoms with Crippen LogP contribution in [0.5, 0.6) is 11.5 Å². The first-order chi connectivity index (χ1) is 13.2. The molecule has 0 atom stereocenters. The van der Waals surface area contributed by atoms with Crippen molar-refractivity contribution < 1.29 is 27.4 Å². The molecule has 0 aliphatic rings. The number of ketones is 1. The average molecular weight is 412 g/mol. The third-order valence-electron chi connectivity index (χ3n) is 4.17. The summed E-state index contributed by atoms with van der Waals surface area (Å²) in [4.78, 5) is 15.8. The Morgan fingerprint density at radius 2 is 1.96 bits per heavy atom. The van der Waals surface area contributed by atoms with E-state index in [1.807, 2.05) is 6.92 Å². The number of aromatic nitrogens is 1. The van der Waals surface area contributed by atoms with E-state index >= 15 is 0 Å². The zero-order chi connectivity index (χ0) is 20.5. The van der Waals surface area contributed by atoms with Crippen molar-refractivity contribution in [3.05, 3.63) is 58.2 Å². The van der Waals surface area contributed by atoms with Crippen LogP contribution in [0.25, 0.3) is 10.9 Å². The Kier molecular flexibility index (Phi) is 5.56. The molecule has 0 radical (unpaired) electrons. The first-order valence-electron chi connectivity index (χ1n) is 8.50. The van der Waals surface area contributed by atoms with Gasteiger partial charge in [0.1, 0.15) is 11.5 Å². The first kappa shape index (κ1) is 20.1. The number of alkyl halides is 3. The number of carbonyl (C=O) groups is 1. The van der Waals surface area contributed by atoms with E-state index < -0.39 is 6.36 Å². The van der Waals surface area contributed by atoms with Crippen LogP contribution in [0.1, 0.15) is 28.4 Å². The van der Waals surface area contributed by atoms with Gasteiger partial charge in [0.15, 0.2) is 5.78 Å². The minimum absolute atomic E-state index is 0.0167. The molecule has 2 aromatic carbocycles. The molecule has 0 aliphatic carbocycles. The lowest BCUT2D eigenvalue weighted by Gasteiger charge is -2.11. The van der Waals surface area contributed by atoms with Crippen LogP contribution in [0, 0.1) is 6.92 Å². The lowest BCUT2D eigenvalue weighted by atomic mass is 10.0. The lowest BCUT2D eigenvalue weighted by molar-refractivity contribution is -0.274. The highest BCUT2D eigenvalue weighted by Gasteiger charge is 2.31. The van der Waals surface area contributed by atoms with Gasteiger partial charge in [0.25, 0.3) is 0 Å². The van der Waals surface area contributed by atoms with Crippen LogP contribution in [0.3, 0.4) is 0 Å². The van der Waals surface area contributed by atoms with Crippen LogP contribution in [-0.4, -0.2) is 23.7 Å². The molecule has 0 amide bonds. The van der Waals surface area contributed by atoms with E-state index in [4.69, 9.17) is 16.3 Å². The van der Waals surface area contributed by atoms with Gasteiger partial charge in [-0.15, -0.1) is 13.2 Å². The minimum atomic E-state index is -4.81. The first-order valence-corrected chi connectivity index (χ1v) is 8.87. The summed E-state index contributed by atoms with van der Waals surface area (Å²) >= 11 is 5.98. The molecular formula is C20H17ClF3NO3. The molecule has 0 saturated heterocycles. The summed E-state index contributed by atoms with van der Waals surface area (Å²) < 4.78 is 47.3. The number of hydrogen-bond donors (Lipinski definition) is 1. The van der Waals surface area contributed by atoms with Gasteiger partial charge in [0.05, 0.1) is 6.61 Å². The van der Waals surface area contributed by atoms with Gasteiger partial charge >= 0.3 is 6.36 Å². The van der Waals surface area contributed by atoms with Gasteiger partial charge in [0.2, 0.25) is 0 Å². The van der Waals surface area contributed by atoms with Crippen LogP contribution >= 0.6 is 11.6 Å². The van der Waals surface area contributed by atoms with E-state index in [9.17, 15) is 18.0 Å². The summed E-state index contributed by atoms with van der Waals surface area (Å²) in [6, 6.07) is 7.46. The molecule has 0 unspecified atom stereocenters. The second-order valence-electron chi connectivity index (χ2n) is 6.20. The topological polar surface area (TPSA) is 51.3 Å².